The van der Waals surface area contributed by atoms with Crippen LogP contribution in [-0.4, -0.2) is 20.9 Å². The van der Waals surface area contributed by atoms with Crippen LogP contribution in [0.15, 0.2) is 39.9 Å². The molecule has 1 heterocycles. The Morgan fingerprint density at radius 3 is 2.54 bits per heavy atom. The fourth-order valence-corrected chi connectivity index (χ4v) is 3.92. The molecule has 2 N–H and O–H groups in total. The highest BCUT2D eigenvalue weighted by Gasteiger charge is 2.33. The minimum atomic E-state index is -4.67. The standard InChI is InChI=1S/C13H10ClF3N2O3S2/c14-10-4-3-8(6-9(10)13(15,16)17)19-11(20)7-18-24(21,22)12-2-1-5-23-12/h1-6,18H,7H2,(H,19,20). The molecule has 2 aromatic rings. The number of rotatable bonds is 5. The summed E-state index contributed by atoms with van der Waals surface area (Å²) in [6, 6.07) is 5.75. The Morgan fingerprint density at radius 2 is 1.96 bits per heavy atom. The minimum absolute atomic E-state index is 0.0288. The molecule has 0 saturated heterocycles. The second-order valence-corrected chi connectivity index (χ2v) is 7.85. The van der Waals surface area contributed by atoms with Crippen molar-refractivity contribution in [2.45, 2.75) is 10.4 Å². The van der Waals surface area contributed by atoms with Gasteiger partial charge in [-0.2, -0.15) is 13.2 Å². The Morgan fingerprint density at radius 1 is 1.25 bits per heavy atom. The van der Waals surface area contributed by atoms with Crippen LogP contribution < -0.4 is 10.0 Å². The zero-order valence-corrected chi connectivity index (χ0v) is 14.1. The topological polar surface area (TPSA) is 75.3 Å². The molecular formula is C13H10ClF3N2O3S2. The van der Waals surface area contributed by atoms with Gasteiger partial charge in [0.15, 0.2) is 0 Å². The van der Waals surface area contributed by atoms with Crippen LogP contribution in [0.5, 0.6) is 0 Å². The van der Waals surface area contributed by atoms with E-state index in [-0.39, 0.29) is 9.90 Å². The maximum absolute atomic E-state index is 12.7. The molecular weight excluding hydrogens is 389 g/mol. The highest BCUT2D eigenvalue weighted by molar-refractivity contribution is 7.91. The van der Waals surface area contributed by atoms with Gasteiger partial charge in [-0.05, 0) is 29.6 Å². The van der Waals surface area contributed by atoms with E-state index in [0.29, 0.717) is 6.07 Å². The molecule has 0 saturated carbocycles. The van der Waals surface area contributed by atoms with Gasteiger partial charge >= 0.3 is 6.18 Å². The number of anilines is 1. The van der Waals surface area contributed by atoms with Crippen LogP contribution in [0.25, 0.3) is 0 Å². The summed E-state index contributed by atoms with van der Waals surface area (Å²) in [5, 5.41) is 3.23. The van der Waals surface area contributed by atoms with E-state index < -0.39 is 39.2 Å². The maximum Gasteiger partial charge on any atom is 0.417 e. The quantitative estimate of drug-likeness (QED) is 0.811. The molecule has 0 fully saturated rings. The summed E-state index contributed by atoms with van der Waals surface area (Å²) in [6.07, 6.45) is -4.67. The van der Waals surface area contributed by atoms with Crippen LogP contribution >= 0.6 is 22.9 Å². The van der Waals surface area contributed by atoms with Gasteiger partial charge in [0.2, 0.25) is 5.91 Å². The van der Waals surface area contributed by atoms with Crippen molar-refractivity contribution in [3.63, 3.8) is 0 Å². The summed E-state index contributed by atoms with van der Waals surface area (Å²) in [6.45, 7) is -0.621. The van der Waals surface area contributed by atoms with Crippen molar-refractivity contribution in [3.05, 3.63) is 46.3 Å². The van der Waals surface area contributed by atoms with E-state index >= 15 is 0 Å². The van der Waals surface area contributed by atoms with E-state index in [1.807, 2.05) is 0 Å². The molecule has 0 aliphatic heterocycles. The number of carbonyl (C=O) groups is 1. The Hall–Kier alpha value is -1.62. The molecule has 5 nitrogen and oxygen atoms in total. The first-order chi connectivity index (χ1) is 11.1. The SMILES string of the molecule is O=C(CNS(=O)(=O)c1cccs1)Nc1ccc(Cl)c(C(F)(F)F)c1. The minimum Gasteiger partial charge on any atom is -0.325 e. The number of benzene rings is 1. The van der Waals surface area contributed by atoms with E-state index in [4.69, 9.17) is 11.6 Å². The lowest BCUT2D eigenvalue weighted by Crippen LogP contribution is -2.32. The number of hydrogen-bond donors (Lipinski definition) is 2. The fraction of sp³-hybridized carbons (Fsp3) is 0.154. The van der Waals surface area contributed by atoms with Crippen molar-refractivity contribution in [1.29, 1.82) is 0 Å². The lowest BCUT2D eigenvalue weighted by molar-refractivity contribution is -0.137. The van der Waals surface area contributed by atoms with Gasteiger partial charge in [0.25, 0.3) is 10.0 Å². The molecule has 1 aromatic heterocycles. The van der Waals surface area contributed by atoms with E-state index in [0.717, 1.165) is 17.4 Å². The number of hydrogen-bond acceptors (Lipinski definition) is 4. The summed E-state index contributed by atoms with van der Waals surface area (Å²) in [4.78, 5) is 11.7. The second-order valence-electron chi connectivity index (χ2n) is 4.50. The molecule has 0 aliphatic rings. The molecule has 24 heavy (non-hydrogen) atoms. The van der Waals surface area contributed by atoms with Gasteiger partial charge in [-0.25, -0.2) is 13.1 Å². The Labute approximate surface area is 144 Å². The van der Waals surface area contributed by atoms with Crippen molar-refractivity contribution in [2.75, 3.05) is 11.9 Å². The molecule has 11 heteroatoms. The summed E-state index contributed by atoms with van der Waals surface area (Å²) < 4.78 is 64.0. The first kappa shape index (κ1) is 18.7. The van der Waals surface area contributed by atoms with Crippen LogP contribution in [0.1, 0.15) is 5.56 Å². The molecule has 0 aliphatic carbocycles. The van der Waals surface area contributed by atoms with Gasteiger partial charge in [-0.1, -0.05) is 17.7 Å². The fourth-order valence-electron chi connectivity index (χ4n) is 1.67. The number of carbonyl (C=O) groups excluding carboxylic acids is 1. The van der Waals surface area contributed by atoms with Crippen molar-refractivity contribution in [2.24, 2.45) is 0 Å². The molecule has 0 unspecified atom stereocenters. The third kappa shape index (κ3) is 4.69. The van der Waals surface area contributed by atoms with Gasteiger partial charge in [0.05, 0.1) is 17.1 Å². The average Bonchev–Trinajstić information content (AvgIpc) is 3.01. The number of amides is 1. The zero-order valence-electron chi connectivity index (χ0n) is 11.7. The maximum atomic E-state index is 12.7. The average molecular weight is 399 g/mol. The third-order valence-electron chi connectivity index (χ3n) is 2.74. The van der Waals surface area contributed by atoms with Crippen molar-refractivity contribution in [1.82, 2.24) is 4.72 Å². The van der Waals surface area contributed by atoms with E-state index in [9.17, 15) is 26.4 Å². The first-order valence-corrected chi connectivity index (χ1v) is 9.03. The van der Waals surface area contributed by atoms with E-state index in [2.05, 4.69) is 10.0 Å². The zero-order chi connectivity index (χ0) is 18.0. The predicted molar refractivity (Wildman–Crippen MR) is 84.6 cm³/mol. The van der Waals surface area contributed by atoms with Gasteiger partial charge in [-0.3, -0.25) is 4.79 Å². The number of nitrogens with one attached hydrogen (secondary N) is 2. The molecule has 0 bridgehead atoms. The predicted octanol–water partition coefficient (Wildman–Crippen LogP) is 3.34. The van der Waals surface area contributed by atoms with E-state index in [1.165, 1.54) is 18.2 Å². The van der Waals surface area contributed by atoms with Crippen LogP contribution in [0.4, 0.5) is 18.9 Å². The van der Waals surface area contributed by atoms with Crippen molar-refractivity contribution >= 4 is 44.6 Å². The summed E-state index contributed by atoms with van der Waals surface area (Å²) in [5.41, 5.74) is -1.24. The monoisotopic (exact) mass is 398 g/mol. The van der Waals surface area contributed by atoms with Gasteiger partial charge in [0, 0.05) is 5.69 Å². The number of thiophene rings is 1. The first-order valence-electron chi connectivity index (χ1n) is 6.29. The molecule has 130 valence electrons. The largest absolute Gasteiger partial charge is 0.417 e. The molecule has 0 atom stereocenters. The Bertz CT molecular complexity index is 837. The lowest BCUT2D eigenvalue weighted by Gasteiger charge is -2.12. The number of sulfonamides is 1. The van der Waals surface area contributed by atoms with Gasteiger partial charge < -0.3 is 5.32 Å². The van der Waals surface area contributed by atoms with Crippen LogP contribution in [0.2, 0.25) is 5.02 Å². The van der Waals surface area contributed by atoms with Crippen LogP contribution in [0, 0.1) is 0 Å². The van der Waals surface area contributed by atoms with Crippen LogP contribution in [0.3, 0.4) is 0 Å². The summed E-state index contributed by atoms with van der Waals surface area (Å²) >= 11 is 6.44. The smallest absolute Gasteiger partial charge is 0.325 e. The van der Waals surface area contributed by atoms with Gasteiger partial charge in [0.1, 0.15) is 4.21 Å². The van der Waals surface area contributed by atoms with Crippen molar-refractivity contribution in [3.8, 4) is 0 Å². The highest BCUT2D eigenvalue weighted by atomic mass is 35.5. The summed E-state index contributed by atoms with van der Waals surface area (Å²) in [7, 11) is -3.84. The Balaban J connectivity index is 2.03. The lowest BCUT2D eigenvalue weighted by atomic mass is 10.2. The normalized spacial score (nSPS) is 12.2. The molecule has 1 amide bonds. The molecule has 0 radical (unpaired) electrons. The molecule has 2 rings (SSSR count). The summed E-state index contributed by atoms with van der Waals surface area (Å²) in [5.74, 6) is -0.814. The highest BCUT2D eigenvalue weighted by Crippen LogP contribution is 2.36. The Kier molecular flexibility index (Phi) is 5.53. The van der Waals surface area contributed by atoms with Crippen LogP contribution in [-0.2, 0) is 21.0 Å². The third-order valence-corrected chi connectivity index (χ3v) is 5.87. The van der Waals surface area contributed by atoms with Gasteiger partial charge in [-0.15, -0.1) is 11.3 Å². The number of alkyl halides is 3. The van der Waals surface area contributed by atoms with E-state index in [1.54, 1.807) is 5.38 Å². The molecule has 0 spiro atoms. The number of halogens is 4. The molecule has 1 aromatic carbocycles. The van der Waals surface area contributed by atoms with Crippen molar-refractivity contribution < 1.29 is 26.4 Å². The second kappa shape index (κ2) is 7.09.